The molecule has 0 radical (unpaired) electrons. The van der Waals surface area contributed by atoms with Gasteiger partial charge in [0.1, 0.15) is 5.75 Å². The van der Waals surface area contributed by atoms with Gasteiger partial charge in [-0.15, -0.1) is 0 Å². The third-order valence-corrected chi connectivity index (χ3v) is 5.31. The van der Waals surface area contributed by atoms with Gasteiger partial charge in [0.2, 0.25) is 15.9 Å². The number of nitrogens with two attached hydrogens (primary N) is 1. The number of ether oxygens (including phenoxy) is 1. The molecule has 0 aliphatic carbocycles. The Kier molecular flexibility index (Phi) is 7.66. The molecule has 158 valence electrons. The van der Waals surface area contributed by atoms with Crippen molar-refractivity contribution in [2.75, 3.05) is 13.6 Å². The van der Waals surface area contributed by atoms with Crippen molar-refractivity contribution >= 4 is 15.9 Å². The first-order chi connectivity index (χ1) is 13.6. The van der Waals surface area contributed by atoms with Gasteiger partial charge in [-0.3, -0.25) is 9.69 Å². The highest BCUT2D eigenvalue weighted by Gasteiger charge is 2.16. The van der Waals surface area contributed by atoms with E-state index >= 15 is 0 Å². The molecule has 0 heterocycles. The number of rotatable bonds is 9. The Balaban J connectivity index is 1.86. The third-order valence-electron chi connectivity index (χ3n) is 4.38. The van der Waals surface area contributed by atoms with Gasteiger partial charge in [0, 0.05) is 12.6 Å². The molecule has 0 saturated heterocycles. The van der Waals surface area contributed by atoms with Gasteiger partial charge in [-0.1, -0.05) is 24.3 Å². The highest BCUT2D eigenvalue weighted by Crippen LogP contribution is 2.20. The molecule has 1 atom stereocenters. The van der Waals surface area contributed by atoms with Gasteiger partial charge in [0.25, 0.3) is 0 Å². The molecule has 0 aliphatic rings. The van der Waals surface area contributed by atoms with Gasteiger partial charge in [-0.2, -0.15) is 8.78 Å². The summed E-state index contributed by atoms with van der Waals surface area (Å²) in [6.45, 7) is -0.626. The van der Waals surface area contributed by atoms with Crippen LogP contribution in [0.3, 0.4) is 0 Å². The summed E-state index contributed by atoms with van der Waals surface area (Å²) in [5.74, 6) is -0.162. The average molecular weight is 427 g/mol. The van der Waals surface area contributed by atoms with Crippen molar-refractivity contribution < 1.29 is 26.7 Å². The largest absolute Gasteiger partial charge is 0.435 e. The predicted octanol–water partition coefficient (Wildman–Crippen LogP) is 2.24. The SMILES string of the molecule is CC(c1ccc(S(N)(=O)=O)cc1)N(C)CC(=O)NCc1ccc(OC(F)F)cc1. The number of sulfonamides is 1. The van der Waals surface area contributed by atoms with Gasteiger partial charge >= 0.3 is 6.61 Å². The number of nitrogens with one attached hydrogen (secondary N) is 1. The Hall–Kier alpha value is -2.56. The summed E-state index contributed by atoms with van der Waals surface area (Å²) in [7, 11) is -1.98. The Labute approximate surface area is 168 Å². The number of alkyl halides is 2. The van der Waals surface area contributed by atoms with E-state index in [9.17, 15) is 22.0 Å². The number of halogens is 2. The predicted molar refractivity (Wildman–Crippen MR) is 104 cm³/mol. The zero-order chi connectivity index (χ0) is 21.6. The maximum Gasteiger partial charge on any atom is 0.387 e. The molecule has 0 fully saturated rings. The van der Waals surface area contributed by atoms with E-state index in [0.717, 1.165) is 11.1 Å². The number of carbonyl (C=O) groups is 1. The number of likely N-dealkylation sites (N-methyl/N-ethyl adjacent to an activating group) is 1. The molecular weight excluding hydrogens is 404 g/mol. The minimum absolute atomic E-state index is 0.0267. The highest BCUT2D eigenvalue weighted by molar-refractivity contribution is 7.89. The molecule has 0 aliphatic heterocycles. The lowest BCUT2D eigenvalue weighted by atomic mass is 10.1. The van der Waals surface area contributed by atoms with Crippen molar-refractivity contribution in [1.29, 1.82) is 0 Å². The van der Waals surface area contributed by atoms with Gasteiger partial charge < -0.3 is 10.1 Å². The second kappa shape index (κ2) is 9.77. The number of hydrogen-bond donors (Lipinski definition) is 2. The highest BCUT2D eigenvalue weighted by atomic mass is 32.2. The molecule has 7 nitrogen and oxygen atoms in total. The first kappa shape index (κ1) is 22.7. The van der Waals surface area contributed by atoms with Crippen molar-refractivity contribution in [2.24, 2.45) is 5.14 Å². The van der Waals surface area contributed by atoms with Crippen LogP contribution in [0, 0.1) is 0 Å². The van der Waals surface area contributed by atoms with Gasteiger partial charge in [-0.05, 0) is 49.4 Å². The summed E-state index contributed by atoms with van der Waals surface area (Å²) >= 11 is 0. The summed E-state index contributed by atoms with van der Waals surface area (Å²) in [6, 6.07) is 12.0. The summed E-state index contributed by atoms with van der Waals surface area (Å²) in [5, 5.41) is 7.85. The van der Waals surface area contributed by atoms with Crippen LogP contribution in [0.15, 0.2) is 53.4 Å². The molecule has 29 heavy (non-hydrogen) atoms. The number of hydrogen-bond acceptors (Lipinski definition) is 5. The van der Waals surface area contributed by atoms with Crippen LogP contribution in [-0.4, -0.2) is 39.4 Å². The molecule has 3 N–H and O–H groups in total. The van der Waals surface area contributed by atoms with Crippen molar-refractivity contribution in [3.63, 3.8) is 0 Å². The van der Waals surface area contributed by atoms with Crippen molar-refractivity contribution in [3.05, 3.63) is 59.7 Å². The van der Waals surface area contributed by atoms with E-state index in [2.05, 4.69) is 10.1 Å². The first-order valence-corrected chi connectivity index (χ1v) is 10.2. The second-order valence-corrected chi connectivity index (χ2v) is 8.07. The van der Waals surface area contributed by atoms with Crippen LogP contribution in [0.2, 0.25) is 0 Å². The van der Waals surface area contributed by atoms with Crippen LogP contribution in [0.4, 0.5) is 8.78 Å². The molecule has 2 aromatic rings. The fraction of sp³-hybridized carbons (Fsp3) is 0.316. The molecule has 0 bridgehead atoms. The van der Waals surface area contributed by atoms with E-state index in [1.807, 2.05) is 6.92 Å². The molecule has 0 aromatic heterocycles. The van der Waals surface area contributed by atoms with E-state index in [1.165, 1.54) is 24.3 Å². The van der Waals surface area contributed by atoms with Crippen LogP contribution < -0.4 is 15.2 Å². The fourth-order valence-corrected chi connectivity index (χ4v) is 3.11. The molecule has 1 amide bonds. The van der Waals surface area contributed by atoms with E-state index < -0.39 is 16.6 Å². The summed E-state index contributed by atoms with van der Waals surface area (Å²) in [4.78, 5) is 14.0. The number of primary sulfonamides is 1. The topological polar surface area (TPSA) is 102 Å². The second-order valence-electron chi connectivity index (χ2n) is 6.50. The van der Waals surface area contributed by atoms with Gasteiger partial charge in [0.05, 0.1) is 11.4 Å². The lowest BCUT2D eigenvalue weighted by molar-refractivity contribution is -0.122. The maximum absolute atomic E-state index is 12.2. The number of carbonyl (C=O) groups excluding carboxylic acids is 1. The number of benzene rings is 2. The Morgan fingerprint density at radius 1 is 1.14 bits per heavy atom. The Morgan fingerprint density at radius 3 is 2.24 bits per heavy atom. The van der Waals surface area contributed by atoms with E-state index in [1.54, 1.807) is 36.2 Å². The third kappa shape index (κ3) is 7.08. The smallest absolute Gasteiger partial charge is 0.387 e. The van der Waals surface area contributed by atoms with Crippen molar-refractivity contribution in [2.45, 2.75) is 31.0 Å². The molecule has 2 aromatic carbocycles. The van der Waals surface area contributed by atoms with Crippen molar-refractivity contribution in [1.82, 2.24) is 10.2 Å². The van der Waals surface area contributed by atoms with Crippen LogP contribution in [-0.2, 0) is 21.4 Å². The quantitative estimate of drug-likeness (QED) is 0.639. The Bertz CT molecular complexity index is 919. The van der Waals surface area contributed by atoms with Crippen LogP contribution in [0.25, 0.3) is 0 Å². The first-order valence-electron chi connectivity index (χ1n) is 8.69. The lowest BCUT2D eigenvalue weighted by Gasteiger charge is -2.24. The number of amides is 1. The van der Waals surface area contributed by atoms with Gasteiger partial charge in [-0.25, -0.2) is 13.6 Å². The molecular formula is C19H23F2N3O4S. The van der Waals surface area contributed by atoms with E-state index in [-0.39, 0.29) is 35.7 Å². The fourth-order valence-electron chi connectivity index (χ4n) is 2.60. The van der Waals surface area contributed by atoms with Gasteiger partial charge in [0.15, 0.2) is 0 Å². The molecule has 1 unspecified atom stereocenters. The summed E-state index contributed by atoms with van der Waals surface area (Å²) in [5.41, 5.74) is 1.58. The molecule has 10 heteroatoms. The molecule has 0 spiro atoms. The lowest BCUT2D eigenvalue weighted by Crippen LogP contribution is -2.36. The Morgan fingerprint density at radius 2 is 1.72 bits per heavy atom. The normalized spacial score (nSPS) is 12.8. The van der Waals surface area contributed by atoms with E-state index in [4.69, 9.17) is 5.14 Å². The molecule has 2 rings (SSSR count). The average Bonchev–Trinajstić information content (AvgIpc) is 2.66. The van der Waals surface area contributed by atoms with Crippen LogP contribution in [0.5, 0.6) is 5.75 Å². The minimum atomic E-state index is -3.75. The summed E-state index contributed by atoms with van der Waals surface area (Å²) < 4.78 is 51.2. The molecule has 0 saturated carbocycles. The zero-order valence-electron chi connectivity index (χ0n) is 16.0. The minimum Gasteiger partial charge on any atom is -0.435 e. The van der Waals surface area contributed by atoms with Crippen LogP contribution in [0.1, 0.15) is 24.1 Å². The van der Waals surface area contributed by atoms with Crippen molar-refractivity contribution in [3.8, 4) is 5.75 Å². The van der Waals surface area contributed by atoms with E-state index in [0.29, 0.717) is 0 Å². The maximum atomic E-state index is 12.2. The standard InChI is InChI=1S/C19H23F2N3O4S/c1-13(15-5-9-17(10-6-15)29(22,26)27)24(2)12-18(25)23-11-14-3-7-16(8-4-14)28-19(20)21/h3-10,13,19H,11-12H2,1-2H3,(H,23,25)(H2,22,26,27). The number of nitrogens with zero attached hydrogens (tertiary/aromatic N) is 1. The van der Waals surface area contributed by atoms with Crippen LogP contribution >= 0.6 is 0 Å². The summed E-state index contributed by atoms with van der Waals surface area (Å²) in [6.07, 6.45) is 0. The monoisotopic (exact) mass is 427 g/mol. The zero-order valence-corrected chi connectivity index (χ0v) is 16.8.